The summed E-state index contributed by atoms with van der Waals surface area (Å²) in [4.78, 5) is 0. The van der Waals surface area contributed by atoms with Crippen molar-refractivity contribution in [2.75, 3.05) is 6.61 Å². The van der Waals surface area contributed by atoms with E-state index in [1.807, 2.05) is 0 Å². The van der Waals surface area contributed by atoms with Crippen LogP contribution in [0.15, 0.2) is 18.2 Å². The Balaban J connectivity index is 3.78. The number of benzene rings is 1. The van der Waals surface area contributed by atoms with Crippen LogP contribution in [0.2, 0.25) is 0 Å². The Hall–Kier alpha value is 3.24. The van der Waals surface area contributed by atoms with Crippen LogP contribution in [0.25, 0.3) is 0 Å². The van der Waals surface area contributed by atoms with Crippen LogP contribution in [-0.2, 0) is 15.1 Å². The summed E-state index contributed by atoms with van der Waals surface area (Å²) < 4.78 is -13.8. The van der Waals surface area contributed by atoms with Gasteiger partial charge in [0, 0.05) is 6.61 Å². The number of halogens is 14. The highest BCUT2D eigenvalue weighted by molar-refractivity contribution is 6.79. The lowest BCUT2D eigenvalue weighted by atomic mass is 9.94. The highest BCUT2D eigenvalue weighted by atomic mass is 35.6. The highest BCUT2D eigenvalue weighted by Gasteiger charge is 2.63. The predicted octanol–water partition coefficient (Wildman–Crippen LogP) is 9.96. The van der Waals surface area contributed by atoms with Crippen LogP contribution < -0.4 is 0 Å². The SMILES string of the molecule is OCCCc1ccc(C(Cl)(Cl)C(Cl)(Cl)C(Cl)(Cl)Cl)cc1C(Cl)(Cl)C(Cl)(Cl)C(Cl)(Cl)Cl. The van der Waals surface area contributed by atoms with Crippen LogP contribution in [-0.4, -0.2) is 28.0 Å². The Morgan fingerprint density at radius 2 is 1.07 bits per heavy atom. The summed E-state index contributed by atoms with van der Waals surface area (Å²) in [6, 6.07) is 4.25. The Morgan fingerprint density at radius 1 is 0.633 bits per heavy atom. The molecule has 174 valence electrons. The second kappa shape index (κ2) is 10.7. The molecule has 1 aromatic carbocycles. The molecule has 15 heteroatoms. The average molecular weight is 703 g/mol. The molecule has 0 fully saturated rings. The minimum atomic E-state index is -2.37. The lowest BCUT2D eigenvalue weighted by Gasteiger charge is -2.41. The summed E-state index contributed by atoms with van der Waals surface area (Å²) in [5.41, 5.74) is 0.543. The number of aryl methyl sites for hydroxylation is 1. The van der Waals surface area contributed by atoms with Crippen molar-refractivity contribution < 1.29 is 5.11 Å². The molecule has 1 rings (SSSR count). The second-order valence-corrected chi connectivity index (χ2v) is 15.9. The van der Waals surface area contributed by atoms with E-state index in [2.05, 4.69) is 0 Å². The van der Waals surface area contributed by atoms with Crippen LogP contribution in [0, 0.1) is 0 Å². The van der Waals surface area contributed by atoms with Crippen molar-refractivity contribution in [3.8, 4) is 0 Å². The molecule has 0 aliphatic rings. The van der Waals surface area contributed by atoms with Gasteiger partial charge in [-0.15, -0.1) is 0 Å². The average Bonchev–Trinajstić information content (AvgIpc) is 2.57. The molecular weight excluding hydrogens is 693 g/mol. The van der Waals surface area contributed by atoms with Crippen LogP contribution >= 0.6 is 162 Å². The smallest absolute Gasteiger partial charge is 0.226 e. The number of alkyl halides is 14. The molecule has 0 aromatic heterocycles. The summed E-state index contributed by atoms with van der Waals surface area (Å²) in [5, 5.41) is 9.19. The van der Waals surface area contributed by atoms with Crippen LogP contribution in [0.5, 0.6) is 0 Å². The van der Waals surface area contributed by atoms with Gasteiger partial charge in [0.1, 0.15) is 0 Å². The van der Waals surface area contributed by atoms with E-state index >= 15 is 0 Å². The van der Waals surface area contributed by atoms with Gasteiger partial charge in [0.2, 0.25) is 16.3 Å². The van der Waals surface area contributed by atoms with Gasteiger partial charge in [-0.3, -0.25) is 0 Å². The molecule has 0 aliphatic carbocycles. The molecule has 0 heterocycles. The van der Waals surface area contributed by atoms with E-state index in [4.69, 9.17) is 162 Å². The molecule has 0 aliphatic heterocycles. The lowest BCUT2D eigenvalue weighted by molar-refractivity contribution is 0.288. The van der Waals surface area contributed by atoms with E-state index in [9.17, 15) is 5.11 Å². The van der Waals surface area contributed by atoms with E-state index in [0.29, 0.717) is 12.0 Å². The number of aliphatic hydroxyl groups is 1. The quantitative estimate of drug-likeness (QED) is 0.281. The van der Waals surface area contributed by atoms with Gasteiger partial charge in [0.15, 0.2) is 8.67 Å². The summed E-state index contributed by atoms with van der Waals surface area (Å²) in [5.74, 6) is 0. The van der Waals surface area contributed by atoms with Gasteiger partial charge >= 0.3 is 0 Å². The van der Waals surface area contributed by atoms with E-state index < -0.39 is 24.9 Å². The van der Waals surface area contributed by atoms with Crippen molar-refractivity contribution in [2.24, 2.45) is 0 Å². The number of hydrogen-bond acceptors (Lipinski definition) is 1. The number of hydrogen-bond donors (Lipinski definition) is 1. The summed E-state index contributed by atoms with van der Waals surface area (Å²) in [6.07, 6.45) is 0.615. The van der Waals surface area contributed by atoms with Crippen molar-refractivity contribution in [1.82, 2.24) is 0 Å². The fourth-order valence-corrected chi connectivity index (χ4v) is 5.26. The summed E-state index contributed by atoms with van der Waals surface area (Å²) in [6.45, 7) is -0.134. The lowest BCUT2D eigenvalue weighted by Crippen LogP contribution is -2.47. The first-order valence-electron chi connectivity index (χ1n) is 7.55. The van der Waals surface area contributed by atoms with Crippen LogP contribution in [0.3, 0.4) is 0 Å². The van der Waals surface area contributed by atoms with Gasteiger partial charge in [-0.25, -0.2) is 0 Å². The normalized spacial score (nSPS) is 14.9. The minimum Gasteiger partial charge on any atom is -0.396 e. The van der Waals surface area contributed by atoms with Gasteiger partial charge in [-0.2, -0.15) is 0 Å². The maximum absolute atomic E-state index is 9.19. The molecule has 0 radical (unpaired) electrons. The highest BCUT2D eigenvalue weighted by Crippen LogP contribution is 2.63. The fraction of sp³-hybridized carbons (Fsp3) is 0.600. The van der Waals surface area contributed by atoms with E-state index in [1.165, 1.54) is 18.2 Å². The van der Waals surface area contributed by atoms with E-state index in [0.717, 1.165) is 0 Å². The Kier molecular flexibility index (Phi) is 11.1. The first-order valence-corrected chi connectivity index (χ1v) is 12.8. The maximum Gasteiger partial charge on any atom is 0.226 e. The zero-order valence-electron chi connectivity index (χ0n) is 14.1. The molecule has 0 unspecified atom stereocenters. The molecule has 30 heavy (non-hydrogen) atoms. The van der Waals surface area contributed by atoms with Crippen molar-refractivity contribution >= 4 is 162 Å². The molecule has 0 bridgehead atoms. The third-order valence-corrected chi connectivity index (χ3v) is 11.8. The molecule has 0 saturated heterocycles. The topological polar surface area (TPSA) is 20.2 Å². The second-order valence-electron chi connectivity index (χ2n) is 5.99. The maximum atomic E-state index is 9.19. The first-order chi connectivity index (χ1) is 13.2. The van der Waals surface area contributed by atoms with Crippen molar-refractivity contribution in [1.29, 1.82) is 0 Å². The molecule has 1 aromatic rings. The molecule has 1 N–H and O–H groups in total. The largest absolute Gasteiger partial charge is 0.396 e. The Morgan fingerprint density at radius 3 is 1.47 bits per heavy atom. The third kappa shape index (κ3) is 6.13. The van der Waals surface area contributed by atoms with Gasteiger partial charge in [0.25, 0.3) is 0 Å². The van der Waals surface area contributed by atoms with Gasteiger partial charge in [-0.1, -0.05) is 175 Å². The van der Waals surface area contributed by atoms with Crippen LogP contribution in [0.1, 0.15) is 23.1 Å². The predicted molar refractivity (Wildman–Crippen MR) is 138 cm³/mol. The van der Waals surface area contributed by atoms with Crippen molar-refractivity contribution in [3.63, 3.8) is 0 Å². The van der Waals surface area contributed by atoms with Gasteiger partial charge in [0.05, 0.1) is 0 Å². The molecular formula is C15H10Cl14O. The Bertz CT molecular complexity index is 747. The molecule has 0 saturated carbocycles. The zero-order chi connectivity index (χ0) is 24.0. The van der Waals surface area contributed by atoms with Crippen molar-refractivity contribution in [2.45, 2.75) is 37.8 Å². The third-order valence-electron chi connectivity index (χ3n) is 3.92. The monoisotopic (exact) mass is 696 g/mol. The number of aliphatic hydroxyl groups excluding tert-OH is 1. The van der Waals surface area contributed by atoms with E-state index in [-0.39, 0.29) is 24.2 Å². The summed E-state index contributed by atoms with van der Waals surface area (Å²) in [7, 11) is 0. The van der Waals surface area contributed by atoms with Crippen molar-refractivity contribution in [3.05, 3.63) is 34.9 Å². The summed E-state index contributed by atoms with van der Waals surface area (Å²) >= 11 is 85.9. The van der Waals surface area contributed by atoms with Gasteiger partial charge < -0.3 is 5.11 Å². The Labute approximate surface area is 244 Å². The standard InChI is InChI=1S/C15H10Cl14O/c16-10(17,12(20,21)14(24,25)26)8-4-3-7(2-1-5-30)9(6-8)11(18,19)13(22,23)15(27,28)29/h3-4,6,30H,1-2,5H2. The molecule has 1 nitrogen and oxygen atoms in total. The minimum absolute atomic E-state index is 0.0176. The molecule has 0 atom stereocenters. The fourth-order valence-electron chi connectivity index (χ4n) is 2.26. The molecule has 0 amide bonds. The van der Waals surface area contributed by atoms with E-state index in [1.54, 1.807) is 0 Å². The number of rotatable bonds is 7. The van der Waals surface area contributed by atoms with Gasteiger partial charge in [-0.05, 0) is 35.6 Å². The first kappa shape index (κ1) is 31.3. The zero-order valence-corrected chi connectivity index (χ0v) is 24.7. The van der Waals surface area contributed by atoms with Crippen LogP contribution in [0.4, 0.5) is 0 Å². The molecule has 0 spiro atoms.